The Kier molecular flexibility index (Phi) is 8.49. The normalized spacial score (nSPS) is 10.5. The van der Waals surface area contributed by atoms with E-state index < -0.39 is 24.5 Å². The molecule has 0 saturated heterocycles. The van der Waals surface area contributed by atoms with Gasteiger partial charge in [-0.1, -0.05) is 17.7 Å². The lowest BCUT2D eigenvalue weighted by atomic mass is 9.99. The Morgan fingerprint density at radius 1 is 0.935 bits per heavy atom. The zero-order chi connectivity index (χ0) is 23.0. The van der Waals surface area contributed by atoms with Crippen molar-refractivity contribution in [3.05, 3.63) is 64.7 Å². The fraction of sp³-hybridized carbons (Fsp3) is 0.333. The molecule has 7 heteroatoms. The van der Waals surface area contributed by atoms with Crippen LogP contribution in [-0.4, -0.2) is 36.3 Å². The summed E-state index contributed by atoms with van der Waals surface area (Å²) in [5.74, 6) is -1.73. The summed E-state index contributed by atoms with van der Waals surface area (Å²) in [6.45, 7) is 6.79. The summed E-state index contributed by atoms with van der Waals surface area (Å²) in [5, 5.41) is 2.57. The zero-order valence-corrected chi connectivity index (χ0v) is 18.2. The number of nitrogens with one attached hydrogen (secondary N) is 1. The van der Waals surface area contributed by atoms with Gasteiger partial charge in [0.1, 0.15) is 0 Å². The van der Waals surface area contributed by atoms with Crippen LogP contribution in [-0.2, 0) is 19.1 Å². The minimum Gasteiger partial charge on any atom is -0.459 e. The summed E-state index contributed by atoms with van der Waals surface area (Å²) >= 11 is 0. The molecule has 0 radical (unpaired) electrons. The van der Waals surface area contributed by atoms with Gasteiger partial charge < -0.3 is 14.8 Å². The Balaban J connectivity index is 1.76. The maximum absolute atomic E-state index is 12.3. The number of ketones is 1. The lowest BCUT2D eigenvalue weighted by Crippen LogP contribution is -2.21. The first-order chi connectivity index (χ1) is 14.7. The number of benzene rings is 2. The van der Waals surface area contributed by atoms with E-state index in [1.54, 1.807) is 32.0 Å². The average molecular weight is 425 g/mol. The Morgan fingerprint density at radius 2 is 1.61 bits per heavy atom. The number of Topliss-reactive ketones (excluding diaryl/α,β-unsaturated/α-hetero) is 1. The number of carbonyl (C=O) groups is 4. The SMILES string of the molecule is Cc1ccc(C)c(C(=O)CCC(=O)OCC(=O)Nc2ccc(C(=O)OC(C)C)cc2)c1. The van der Waals surface area contributed by atoms with Crippen LogP contribution in [0.3, 0.4) is 0 Å². The molecular weight excluding hydrogens is 398 g/mol. The summed E-state index contributed by atoms with van der Waals surface area (Å²) in [4.78, 5) is 48.0. The van der Waals surface area contributed by atoms with Gasteiger partial charge in [0.25, 0.3) is 5.91 Å². The molecule has 0 fully saturated rings. The molecule has 0 aliphatic carbocycles. The molecule has 1 amide bonds. The van der Waals surface area contributed by atoms with Gasteiger partial charge in [0.15, 0.2) is 12.4 Å². The van der Waals surface area contributed by atoms with E-state index >= 15 is 0 Å². The van der Waals surface area contributed by atoms with Crippen LogP contribution >= 0.6 is 0 Å². The van der Waals surface area contributed by atoms with Crippen molar-refractivity contribution in [3.63, 3.8) is 0 Å². The number of amides is 1. The van der Waals surface area contributed by atoms with Crippen molar-refractivity contribution >= 4 is 29.3 Å². The number of rotatable bonds is 9. The monoisotopic (exact) mass is 425 g/mol. The van der Waals surface area contributed by atoms with Gasteiger partial charge in [-0.15, -0.1) is 0 Å². The van der Waals surface area contributed by atoms with Crippen LogP contribution < -0.4 is 5.32 Å². The van der Waals surface area contributed by atoms with E-state index in [0.29, 0.717) is 16.8 Å². The average Bonchev–Trinajstić information content (AvgIpc) is 2.72. The molecule has 0 saturated carbocycles. The first kappa shape index (κ1) is 23.8. The number of carbonyl (C=O) groups excluding carboxylic acids is 4. The number of anilines is 1. The van der Waals surface area contributed by atoms with Crippen LogP contribution in [0, 0.1) is 13.8 Å². The fourth-order valence-electron chi connectivity index (χ4n) is 2.77. The van der Waals surface area contributed by atoms with Crippen molar-refractivity contribution < 1.29 is 28.7 Å². The fourth-order valence-corrected chi connectivity index (χ4v) is 2.77. The third-order valence-corrected chi connectivity index (χ3v) is 4.36. The molecule has 2 aromatic rings. The molecule has 7 nitrogen and oxygen atoms in total. The van der Waals surface area contributed by atoms with Crippen LogP contribution in [0.4, 0.5) is 5.69 Å². The van der Waals surface area contributed by atoms with Crippen molar-refractivity contribution in [1.82, 2.24) is 0 Å². The van der Waals surface area contributed by atoms with Gasteiger partial charge in [-0.25, -0.2) is 4.79 Å². The van der Waals surface area contributed by atoms with Crippen LogP contribution in [0.2, 0.25) is 0 Å². The molecule has 2 aromatic carbocycles. The van der Waals surface area contributed by atoms with Gasteiger partial charge in [-0.2, -0.15) is 0 Å². The first-order valence-corrected chi connectivity index (χ1v) is 10.0. The van der Waals surface area contributed by atoms with Crippen molar-refractivity contribution in [2.24, 2.45) is 0 Å². The van der Waals surface area contributed by atoms with Crippen LogP contribution in [0.1, 0.15) is 58.5 Å². The Bertz CT molecular complexity index is 963. The van der Waals surface area contributed by atoms with E-state index in [4.69, 9.17) is 9.47 Å². The molecule has 0 spiro atoms. The third kappa shape index (κ3) is 7.70. The first-order valence-electron chi connectivity index (χ1n) is 10.0. The third-order valence-electron chi connectivity index (χ3n) is 4.36. The summed E-state index contributed by atoms with van der Waals surface area (Å²) in [7, 11) is 0. The summed E-state index contributed by atoms with van der Waals surface area (Å²) in [6, 6.07) is 11.8. The second-order valence-corrected chi connectivity index (χ2v) is 7.48. The molecule has 1 N–H and O–H groups in total. The standard InChI is InChI=1S/C24H27NO6/c1-15(2)31-24(29)18-7-9-19(10-8-18)25-22(27)14-30-23(28)12-11-21(26)20-13-16(3)5-6-17(20)4/h5-10,13,15H,11-12,14H2,1-4H3,(H,25,27). The van der Waals surface area contributed by atoms with Crippen molar-refractivity contribution in [3.8, 4) is 0 Å². The number of aryl methyl sites for hydroxylation is 2. The zero-order valence-electron chi connectivity index (χ0n) is 18.2. The number of hydrogen-bond acceptors (Lipinski definition) is 6. The van der Waals surface area contributed by atoms with Crippen LogP contribution in [0.15, 0.2) is 42.5 Å². The minimum absolute atomic E-state index is 0.0126. The van der Waals surface area contributed by atoms with Gasteiger partial charge in [-0.05, 0) is 63.6 Å². The van der Waals surface area contributed by atoms with E-state index in [-0.39, 0.29) is 24.7 Å². The lowest BCUT2D eigenvalue weighted by Gasteiger charge is -2.09. The molecule has 0 atom stereocenters. The molecule has 0 aliphatic rings. The summed E-state index contributed by atoms with van der Waals surface area (Å²) < 4.78 is 10.0. The van der Waals surface area contributed by atoms with E-state index in [9.17, 15) is 19.2 Å². The molecule has 0 heterocycles. The topological polar surface area (TPSA) is 98.8 Å². The number of esters is 2. The van der Waals surface area contributed by atoms with Crippen molar-refractivity contribution in [1.29, 1.82) is 0 Å². The minimum atomic E-state index is -0.624. The Hall–Kier alpha value is -3.48. The van der Waals surface area contributed by atoms with Crippen molar-refractivity contribution in [2.75, 3.05) is 11.9 Å². The number of ether oxygens (including phenoxy) is 2. The van der Waals surface area contributed by atoms with E-state index in [1.807, 2.05) is 26.0 Å². The smallest absolute Gasteiger partial charge is 0.338 e. The molecule has 0 bridgehead atoms. The highest BCUT2D eigenvalue weighted by Crippen LogP contribution is 2.14. The molecule has 2 rings (SSSR count). The van der Waals surface area contributed by atoms with Crippen molar-refractivity contribution in [2.45, 2.75) is 46.6 Å². The van der Waals surface area contributed by atoms with Gasteiger partial charge >= 0.3 is 11.9 Å². The quantitative estimate of drug-likeness (QED) is 0.481. The van der Waals surface area contributed by atoms with E-state index in [0.717, 1.165) is 11.1 Å². The highest BCUT2D eigenvalue weighted by atomic mass is 16.5. The molecule has 0 aliphatic heterocycles. The van der Waals surface area contributed by atoms with Gasteiger partial charge in [0, 0.05) is 17.7 Å². The summed E-state index contributed by atoms with van der Waals surface area (Å²) in [5.41, 5.74) is 3.23. The van der Waals surface area contributed by atoms with Gasteiger partial charge in [0.2, 0.25) is 0 Å². The highest BCUT2D eigenvalue weighted by Gasteiger charge is 2.14. The van der Waals surface area contributed by atoms with Gasteiger partial charge in [0.05, 0.1) is 18.1 Å². The van der Waals surface area contributed by atoms with Crippen LogP contribution in [0.25, 0.3) is 0 Å². The van der Waals surface area contributed by atoms with E-state index in [1.165, 1.54) is 12.1 Å². The molecule has 31 heavy (non-hydrogen) atoms. The highest BCUT2D eigenvalue weighted by molar-refractivity contribution is 5.99. The second-order valence-electron chi connectivity index (χ2n) is 7.48. The van der Waals surface area contributed by atoms with Gasteiger partial charge in [-0.3, -0.25) is 14.4 Å². The second kappa shape index (κ2) is 11.1. The number of hydrogen-bond donors (Lipinski definition) is 1. The predicted octanol–water partition coefficient (Wildman–Crippen LogP) is 4.01. The Labute approximate surface area is 181 Å². The Morgan fingerprint density at radius 3 is 2.26 bits per heavy atom. The predicted molar refractivity (Wildman–Crippen MR) is 116 cm³/mol. The molecule has 164 valence electrons. The maximum Gasteiger partial charge on any atom is 0.338 e. The van der Waals surface area contributed by atoms with E-state index in [2.05, 4.69) is 5.32 Å². The molecular formula is C24H27NO6. The molecule has 0 aromatic heterocycles. The summed E-state index contributed by atoms with van der Waals surface area (Å²) in [6.07, 6.45) is -0.317. The lowest BCUT2D eigenvalue weighted by molar-refractivity contribution is -0.147. The maximum atomic E-state index is 12.3. The largest absolute Gasteiger partial charge is 0.459 e. The molecule has 0 unspecified atom stereocenters. The van der Waals surface area contributed by atoms with Crippen LogP contribution in [0.5, 0.6) is 0 Å².